The molecule has 0 atom stereocenters. The van der Waals surface area contributed by atoms with Crippen molar-refractivity contribution in [2.75, 3.05) is 12.4 Å². The summed E-state index contributed by atoms with van der Waals surface area (Å²) in [5.74, 6) is 1.90. The van der Waals surface area contributed by atoms with E-state index in [1.807, 2.05) is 36.9 Å². The van der Waals surface area contributed by atoms with Crippen molar-refractivity contribution in [1.82, 2.24) is 0 Å². The lowest BCUT2D eigenvalue weighted by atomic mass is 10.1. The quantitative estimate of drug-likeness (QED) is 0.414. The van der Waals surface area contributed by atoms with Crippen molar-refractivity contribution >= 4 is 11.8 Å². The molecule has 0 radical (unpaired) electrons. The highest BCUT2D eigenvalue weighted by molar-refractivity contribution is 8.03. The molecule has 0 unspecified atom stereocenters. The van der Waals surface area contributed by atoms with E-state index in [4.69, 9.17) is 4.74 Å². The van der Waals surface area contributed by atoms with E-state index in [9.17, 15) is 0 Å². The Balaban J connectivity index is 1.81. The second kappa shape index (κ2) is 9.96. The van der Waals surface area contributed by atoms with Crippen LogP contribution in [0.25, 0.3) is 11.1 Å². The maximum absolute atomic E-state index is 5.83. The minimum Gasteiger partial charge on any atom is -0.493 e. The highest BCUT2D eigenvalue weighted by atomic mass is 32.2. The molecule has 0 spiro atoms. The van der Waals surface area contributed by atoms with Gasteiger partial charge in [0, 0.05) is 5.75 Å². The monoisotopic (exact) mass is 324 g/mol. The van der Waals surface area contributed by atoms with Gasteiger partial charge < -0.3 is 4.74 Å². The molecule has 0 fully saturated rings. The van der Waals surface area contributed by atoms with Crippen LogP contribution >= 0.6 is 11.8 Å². The fourth-order valence-corrected chi connectivity index (χ4v) is 2.99. The Kier molecular flexibility index (Phi) is 7.55. The predicted octanol–water partition coefficient (Wildman–Crippen LogP) is 6.34. The van der Waals surface area contributed by atoms with Gasteiger partial charge in [-0.05, 0) is 41.5 Å². The SMILES string of the molecule is C/C=C\C=C(/CC)SCCOc1ccc(-c2ccccc2)cc1. The molecule has 0 amide bonds. The molecular formula is C21H24OS. The van der Waals surface area contributed by atoms with Crippen LogP contribution < -0.4 is 4.74 Å². The normalized spacial score (nSPS) is 11.8. The molecule has 1 nitrogen and oxygen atoms in total. The molecule has 0 heterocycles. The first kappa shape index (κ1) is 17.4. The van der Waals surface area contributed by atoms with Crippen molar-refractivity contribution in [3.8, 4) is 16.9 Å². The zero-order chi connectivity index (χ0) is 16.3. The largest absolute Gasteiger partial charge is 0.493 e. The Labute approximate surface area is 144 Å². The summed E-state index contributed by atoms with van der Waals surface area (Å²) in [4.78, 5) is 1.39. The van der Waals surface area contributed by atoms with Crippen molar-refractivity contribution in [3.05, 3.63) is 77.7 Å². The first-order valence-corrected chi connectivity index (χ1v) is 9.05. The second-order valence-corrected chi connectivity index (χ2v) is 6.32. The number of benzene rings is 2. The Morgan fingerprint density at radius 1 is 1.00 bits per heavy atom. The van der Waals surface area contributed by atoms with E-state index in [2.05, 4.69) is 61.5 Å². The third kappa shape index (κ3) is 5.99. The lowest BCUT2D eigenvalue weighted by Crippen LogP contribution is -2.00. The summed E-state index contributed by atoms with van der Waals surface area (Å²) in [6.45, 7) is 4.95. The molecular weight excluding hydrogens is 300 g/mol. The van der Waals surface area contributed by atoms with Gasteiger partial charge in [0.05, 0.1) is 6.61 Å². The molecule has 2 aromatic rings. The van der Waals surface area contributed by atoms with Gasteiger partial charge in [-0.3, -0.25) is 0 Å². The Morgan fingerprint density at radius 3 is 2.35 bits per heavy atom. The van der Waals surface area contributed by atoms with Gasteiger partial charge in [0.15, 0.2) is 0 Å². The number of thioether (sulfide) groups is 1. The van der Waals surface area contributed by atoms with Crippen molar-refractivity contribution in [3.63, 3.8) is 0 Å². The summed E-state index contributed by atoms with van der Waals surface area (Å²) in [5, 5.41) is 0. The lowest BCUT2D eigenvalue weighted by molar-refractivity contribution is 0.344. The van der Waals surface area contributed by atoms with Gasteiger partial charge in [0.2, 0.25) is 0 Å². The maximum Gasteiger partial charge on any atom is 0.119 e. The molecule has 0 bridgehead atoms. The molecule has 120 valence electrons. The van der Waals surface area contributed by atoms with Crippen LogP contribution in [0.4, 0.5) is 0 Å². The molecule has 0 saturated heterocycles. The van der Waals surface area contributed by atoms with Crippen LogP contribution in [0.15, 0.2) is 77.7 Å². The fourth-order valence-electron chi connectivity index (χ4n) is 2.18. The van der Waals surface area contributed by atoms with Crippen LogP contribution in [0.2, 0.25) is 0 Å². The average molecular weight is 324 g/mol. The van der Waals surface area contributed by atoms with Crippen molar-refractivity contribution in [2.24, 2.45) is 0 Å². The van der Waals surface area contributed by atoms with E-state index in [0.29, 0.717) is 0 Å². The Morgan fingerprint density at radius 2 is 1.70 bits per heavy atom. The Hall–Kier alpha value is -1.93. The van der Waals surface area contributed by atoms with Gasteiger partial charge in [0.1, 0.15) is 5.75 Å². The number of ether oxygens (including phenoxy) is 1. The van der Waals surface area contributed by atoms with E-state index in [-0.39, 0.29) is 0 Å². The fraction of sp³-hybridized carbons (Fsp3) is 0.238. The minimum atomic E-state index is 0.725. The van der Waals surface area contributed by atoms with Gasteiger partial charge in [-0.1, -0.05) is 67.6 Å². The van der Waals surface area contributed by atoms with Crippen LogP contribution in [-0.4, -0.2) is 12.4 Å². The van der Waals surface area contributed by atoms with E-state index < -0.39 is 0 Å². The standard InChI is InChI=1S/C21H24OS/c1-3-5-11-21(4-2)23-17-16-22-20-14-12-19(13-15-20)18-9-7-6-8-10-18/h3,5-15H,4,16-17H2,1-2H3/b5-3-,21-11+. The average Bonchev–Trinajstić information content (AvgIpc) is 2.62. The third-order valence-electron chi connectivity index (χ3n) is 3.42. The number of allylic oxidation sites excluding steroid dienone is 4. The summed E-state index contributed by atoms with van der Waals surface area (Å²) < 4.78 is 5.83. The summed E-state index contributed by atoms with van der Waals surface area (Å²) in [6.07, 6.45) is 7.40. The second-order valence-electron chi connectivity index (χ2n) is 5.10. The summed E-state index contributed by atoms with van der Waals surface area (Å²) in [6, 6.07) is 18.7. The molecule has 2 heteroatoms. The van der Waals surface area contributed by atoms with Crippen molar-refractivity contribution < 1.29 is 4.74 Å². The van der Waals surface area contributed by atoms with Crippen LogP contribution in [0.1, 0.15) is 20.3 Å². The van der Waals surface area contributed by atoms with E-state index >= 15 is 0 Å². The summed E-state index contributed by atoms with van der Waals surface area (Å²) in [7, 11) is 0. The van der Waals surface area contributed by atoms with Gasteiger partial charge >= 0.3 is 0 Å². The van der Waals surface area contributed by atoms with Gasteiger partial charge in [-0.2, -0.15) is 0 Å². The number of hydrogen-bond acceptors (Lipinski definition) is 2. The molecule has 0 N–H and O–H groups in total. The topological polar surface area (TPSA) is 9.23 Å². The number of rotatable bonds is 8. The van der Waals surface area contributed by atoms with Crippen LogP contribution in [0, 0.1) is 0 Å². The van der Waals surface area contributed by atoms with Gasteiger partial charge in [-0.15, -0.1) is 11.8 Å². The summed E-state index contributed by atoms with van der Waals surface area (Å²) in [5.41, 5.74) is 2.45. The highest BCUT2D eigenvalue weighted by Crippen LogP contribution is 2.23. The van der Waals surface area contributed by atoms with Crippen LogP contribution in [0.3, 0.4) is 0 Å². The third-order valence-corrected chi connectivity index (χ3v) is 4.59. The van der Waals surface area contributed by atoms with Crippen LogP contribution in [0.5, 0.6) is 5.75 Å². The van der Waals surface area contributed by atoms with E-state index in [0.717, 1.165) is 24.5 Å². The molecule has 0 saturated carbocycles. The molecule has 0 aromatic heterocycles. The molecule has 2 rings (SSSR count). The van der Waals surface area contributed by atoms with Gasteiger partial charge in [0.25, 0.3) is 0 Å². The molecule has 23 heavy (non-hydrogen) atoms. The lowest BCUT2D eigenvalue weighted by Gasteiger charge is -2.08. The Bertz CT molecular complexity index is 627. The molecule has 0 aliphatic carbocycles. The zero-order valence-electron chi connectivity index (χ0n) is 13.9. The van der Waals surface area contributed by atoms with E-state index in [1.165, 1.54) is 16.0 Å². The predicted molar refractivity (Wildman–Crippen MR) is 103 cm³/mol. The zero-order valence-corrected chi connectivity index (χ0v) is 14.7. The van der Waals surface area contributed by atoms with Crippen LogP contribution in [-0.2, 0) is 0 Å². The van der Waals surface area contributed by atoms with Gasteiger partial charge in [-0.25, -0.2) is 0 Å². The maximum atomic E-state index is 5.83. The first-order valence-electron chi connectivity index (χ1n) is 8.06. The smallest absolute Gasteiger partial charge is 0.119 e. The van der Waals surface area contributed by atoms with E-state index in [1.54, 1.807) is 0 Å². The summed E-state index contributed by atoms with van der Waals surface area (Å²) >= 11 is 1.87. The van der Waals surface area contributed by atoms with Crippen molar-refractivity contribution in [1.29, 1.82) is 0 Å². The molecule has 2 aromatic carbocycles. The molecule has 0 aliphatic rings. The molecule has 0 aliphatic heterocycles. The van der Waals surface area contributed by atoms with Crippen molar-refractivity contribution in [2.45, 2.75) is 20.3 Å². The minimum absolute atomic E-state index is 0.725. The first-order chi connectivity index (χ1) is 11.3. The number of hydrogen-bond donors (Lipinski definition) is 0. The highest BCUT2D eigenvalue weighted by Gasteiger charge is 1.99.